The van der Waals surface area contributed by atoms with Crippen LogP contribution in [0.4, 0.5) is 0 Å². The summed E-state index contributed by atoms with van der Waals surface area (Å²) < 4.78 is 5.14. The molecule has 2 aromatic rings. The van der Waals surface area contributed by atoms with E-state index in [4.69, 9.17) is 4.74 Å². The molecule has 0 saturated carbocycles. The Labute approximate surface area is 131 Å². The molecule has 0 aromatic heterocycles. The van der Waals surface area contributed by atoms with Crippen LogP contribution in [-0.2, 0) is 16.1 Å². The minimum atomic E-state index is -0.166. The van der Waals surface area contributed by atoms with E-state index in [2.05, 4.69) is 47.8 Å². The van der Waals surface area contributed by atoms with Crippen molar-refractivity contribution in [3.8, 4) is 0 Å². The molecular weight excluding hydrogens is 274 g/mol. The highest BCUT2D eigenvalue weighted by molar-refractivity contribution is 5.90. The van der Waals surface area contributed by atoms with Crippen LogP contribution < -0.4 is 5.32 Å². The van der Waals surface area contributed by atoms with Crippen molar-refractivity contribution in [1.82, 2.24) is 5.32 Å². The van der Waals surface area contributed by atoms with E-state index in [1.165, 1.54) is 16.3 Å². The first-order valence-corrected chi connectivity index (χ1v) is 7.89. The summed E-state index contributed by atoms with van der Waals surface area (Å²) in [6.45, 7) is 3.01. The van der Waals surface area contributed by atoms with Crippen LogP contribution in [-0.4, -0.2) is 12.6 Å². The molecule has 0 unspecified atom stereocenters. The monoisotopic (exact) mass is 295 g/mol. The molecule has 1 N–H and O–H groups in total. The Balaban J connectivity index is 1.79. The highest BCUT2D eigenvalue weighted by Gasteiger charge is 2.21. The number of carbonyl (C=O) groups is 1. The summed E-state index contributed by atoms with van der Waals surface area (Å²) in [5.41, 5.74) is 3.12. The molecule has 3 heteroatoms. The zero-order valence-electron chi connectivity index (χ0n) is 12.9. The SMILES string of the molecule is CCOC(=O)C1=C(NCc2cccc3ccccc23)CCC1. The van der Waals surface area contributed by atoms with Gasteiger partial charge in [-0.15, -0.1) is 0 Å². The summed E-state index contributed by atoms with van der Waals surface area (Å²) >= 11 is 0. The number of benzene rings is 2. The maximum Gasteiger partial charge on any atom is 0.335 e. The molecule has 0 saturated heterocycles. The van der Waals surface area contributed by atoms with Gasteiger partial charge in [0.1, 0.15) is 0 Å². The van der Waals surface area contributed by atoms with Crippen molar-refractivity contribution in [2.75, 3.05) is 6.61 Å². The summed E-state index contributed by atoms with van der Waals surface area (Å²) in [7, 11) is 0. The molecule has 0 bridgehead atoms. The minimum absolute atomic E-state index is 0.166. The van der Waals surface area contributed by atoms with E-state index in [0.29, 0.717) is 6.61 Å². The Morgan fingerprint density at radius 2 is 1.95 bits per heavy atom. The van der Waals surface area contributed by atoms with Gasteiger partial charge in [0.15, 0.2) is 0 Å². The van der Waals surface area contributed by atoms with E-state index in [-0.39, 0.29) is 5.97 Å². The van der Waals surface area contributed by atoms with E-state index in [1.807, 2.05) is 6.92 Å². The van der Waals surface area contributed by atoms with Gasteiger partial charge in [-0.05, 0) is 42.5 Å². The highest BCUT2D eigenvalue weighted by atomic mass is 16.5. The van der Waals surface area contributed by atoms with Crippen LogP contribution in [0.25, 0.3) is 10.8 Å². The van der Waals surface area contributed by atoms with Crippen LogP contribution in [0.5, 0.6) is 0 Å². The van der Waals surface area contributed by atoms with Crippen molar-refractivity contribution < 1.29 is 9.53 Å². The van der Waals surface area contributed by atoms with Crippen molar-refractivity contribution in [1.29, 1.82) is 0 Å². The molecule has 3 nitrogen and oxygen atoms in total. The molecule has 0 spiro atoms. The predicted molar refractivity (Wildman–Crippen MR) is 88.3 cm³/mol. The number of esters is 1. The normalized spacial score (nSPS) is 14.4. The third-order valence-electron chi connectivity index (χ3n) is 4.11. The van der Waals surface area contributed by atoms with Crippen LogP contribution in [0.1, 0.15) is 31.7 Å². The number of hydrogen-bond acceptors (Lipinski definition) is 3. The quantitative estimate of drug-likeness (QED) is 0.849. The first-order chi connectivity index (χ1) is 10.8. The third kappa shape index (κ3) is 2.98. The van der Waals surface area contributed by atoms with Gasteiger partial charge in [-0.3, -0.25) is 0 Å². The Morgan fingerprint density at radius 1 is 1.14 bits per heavy atom. The number of nitrogens with one attached hydrogen (secondary N) is 1. The molecule has 0 amide bonds. The summed E-state index contributed by atoms with van der Waals surface area (Å²) in [6, 6.07) is 14.7. The molecule has 0 heterocycles. The van der Waals surface area contributed by atoms with Gasteiger partial charge in [0.2, 0.25) is 0 Å². The molecule has 114 valence electrons. The van der Waals surface area contributed by atoms with Crippen molar-refractivity contribution in [3.63, 3.8) is 0 Å². The van der Waals surface area contributed by atoms with Gasteiger partial charge >= 0.3 is 5.97 Å². The lowest BCUT2D eigenvalue weighted by atomic mass is 10.0. The van der Waals surface area contributed by atoms with Gasteiger partial charge in [-0.1, -0.05) is 42.5 Å². The molecule has 0 fully saturated rings. The molecule has 2 aromatic carbocycles. The lowest BCUT2D eigenvalue weighted by molar-refractivity contribution is -0.138. The van der Waals surface area contributed by atoms with E-state index in [1.54, 1.807) is 0 Å². The topological polar surface area (TPSA) is 38.3 Å². The number of rotatable bonds is 5. The highest BCUT2D eigenvalue weighted by Crippen LogP contribution is 2.26. The van der Waals surface area contributed by atoms with Gasteiger partial charge in [0.05, 0.1) is 12.2 Å². The number of allylic oxidation sites excluding steroid dienone is 1. The summed E-state index contributed by atoms with van der Waals surface area (Å²) in [6.07, 6.45) is 2.77. The third-order valence-corrected chi connectivity index (χ3v) is 4.11. The van der Waals surface area contributed by atoms with Crippen molar-refractivity contribution in [2.24, 2.45) is 0 Å². The second-order valence-corrected chi connectivity index (χ2v) is 5.52. The maximum atomic E-state index is 12.0. The lowest BCUT2D eigenvalue weighted by Gasteiger charge is -2.12. The van der Waals surface area contributed by atoms with E-state index >= 15 is 0 Å². The zero-order chi connectivity index (χ0) is 15.4. The van der Waals surface area contributed by atoms with Crippen LogP contribution >= 0.6 is 0 Å². The molecule has 0 radical (unpaired) electrons. The van der Waals surface area contributed by atoms with Crippen molar-refractivity contribution in [2.45, 2.75) is 32.7 Å². The summed E-state index contributed by atoms with van der Waals surface area (Å²) in [4.78, 5) is 12.0. The molecule has 22 heavy (non-hydrogen) atoms. The van der Waals surface area contributed by atoms with E-state index in [9.17, 15) is 4.79 Å². The fraction of sp³-hybridized carbons (Fsp3) is 0.316. The van der Waals surface area contributed by atoms with Crippen molar-refractivity contribution in [3.05, 3.63) is 59.3 Å². The smallest absolute Gasteiger partial charge is 0.335 e. The van der Waals surface area contributed by atoms with Crippen LogP contribution in [0.3, 0.4) is 0 Å². The average Bonchev–Trinajstić information content (AvgIpc) is 3.01. The largest absolute Gasteiger partial charge is 0.463 e. The molecule has 0 atom stereocenters. The number of carbonyl (C=O) groups excluding carboxylic acids is 1. The Bertz CT molecular complexity index is 713. The van der Waals surface area contributed by atoms with Gasteiger partial charge in [0.25, 0.3) is 0 Å². The predicted octanol–water partition coefficient (Wildman–Crippen LogP) is 3.93. The van der Waals surface area contributed by atoms with Crippen LogP contribution in [0.15, 0.2) is 53.7 Å². The van der Waals surface area contributed by atoms with Gasteiger partial charge in [0, 0.05) is 12.2 Å². The standard InChI is InChI=1S/C19H21NO2/c1-2-22-19(21)17-11-6-12-18(17)20-13-15-9-5-8-14-7-3-4-10-16(14)15/h3-5,7-10,20H,2,6,11-13H2,1H3. The minimum Gasteiger partial charge on any atom is -0.463 e. The number of hydrogen-bond donors (Lipinski definition) is 1. The molecular formula is C19H21NO2. The van der Waals surface area contributed by atoms with Crippen molar-refractivity contribution >= 4 is 16.7 Å². The van der Waals surface area contributed by atoms with E-state index in [0.717, 1.165) is 37.1 Å². The first kappa shape index (κ1) is 14.6. The fourth-order valence-corrected chi connectivity index (χ4v) is 3.03. The molecule has 0 aliphatic heterocycles. The molecule has 3 rings (SSSR count). The second kappa shape index (κ2) is 6.65. The Morgan fingerprint density at radius 3 is 2.82 bits per heavy atom. The Kier molecular flexibility index (Phi) is 4.42. The molecule has 1 aliphatic rings. The zero-order valence-corrected chi connectivity index (χ0v) is 12.9. The summed E-state index contributed by atoms with van der Waals surface area (Å²) in [5, 5.41) is 5.96. The molecule has 1 aliphatic carbocycles. The van der Waals surface area contributed by atoms with Gasteiger partial charge < -0.3 is 10.1 Å². The fourth-order valence-electron chi connectivity index (χ4n) is 3.03. The maximum absolute atomic E-state index is 12.0. The Hall–Kier alpha value is -2.29. The van der Waals surface area contributed by atoms with E-state index < -0.39 is 0 Å². The van der Waals surface area contributed by atoms with Gasteiger partial charge in [-0.25, -0.2) is 4.79 Å². The second-order valence-electron chi connectivity index (χ2n) is 5.52. The average molecular weight is 295 g/mol. The van der Waals surface area contributed by atoms with Crippen LogP contribution in [0.2, 0.25) is 0 Å². The lowest BCUT2D eigenvalue weighted by Crippen LogP contribution is -2.17. The first-order valence-electron chi connectivity index (χ1n) is 7.89. The summed E-state index contributed by atoms with van der Waals surface area (Å²) in [5.74, 6) is -0.166. The number of ether oxygens (including phenoxy) is 1. The van der Waals surface area contributed by atoms with Crippen LogP contribution in [0, 0.1) is 0 Å². The number of fused-ring (bicyclic) bond motifs is 1. The van der Waals surface area contributed by atoms with Gasteiger partial charge in [-0.2, -0.15) is 0 Å².